The van der Waals surface area contributed by atoms with Gasteiger partial charge in [-0.2, -0.15) is 0 Å². The standard InChI is InChI=1S/C19H25ClN4/c1-21-18(24(3)13-17-5-4-12-23(17)2)22-14-19(10-11-19)15-6-8-16(20)9-7-15/h4-9,12H,10-11,13-14H2,1-3H3,(H,21,22). The second-order valence-electron chi connectivity index (χ2n) is 6.65. The van der Waals surface area contributed by atoms with E-state index in [1.807, 2.05) is 19.2 Å². The molecule has 24 heavy (non-hydrogen) atoms. The summed E-state index contributed by atoms with van der Waals surface area (Å²) >= 11 is 6.01. The van der Waals surface area contributed by atoms with Gasteiger partial charge in [-0.25, -0.2) is 0 Å². The fourth-order valence-corrected chi connectivity index (χ4v) is 3.26. The van der Waals surface area contributed by atoms with Crippen LogP contribution in [-0.2, 0) is 19.0 Å². The zero-order chi connectivity index (χ0) is 17.2. The fourth-order valence-electron chi connectivity index (χ4n) is 3.13. The van der Waals surface area contributed by atoms with Crippen LogP contribution in [0.5, 0.6) is 0 Å². The van der Waals surface area contributed by atoms with E-state index in [1.54, 1.807) is 0 Å². The molecule has 1 aliphatic carbocycles. The first-order chi connectivity index (χ1) is 11.5. The molecule has 1 heterocycles. The van der Waals surface area contributed by atoms with Gasteiger partial charge in [0.15, 0.2) is 5.96 Å². The number of halogens is 1. The second-order valence-corrected chi connectivity index (χ2v) is 7.09. The lowest BCUT2D eigenvalue weighted by molar-refractivity contribution is 0.456. The van der Waals surface area contributed by atoms with Gasteiger partial charge < -0.3 is 14.8 Å². The highest BCUT2D eigenvalue weighted by atomic mass is 35.5. The second kappa shape index (κ2) is 6.89. The molecular formula is C19H25ClN4. The molecule has 3 rings (SSSR count). The van der Waals surface area contributed by atoms with E-state index in [1.165, 1.54) is 24.1 Å². The zero-order valence-electron chi connectivity index (χ0n) is 14.6. The van der Waals surface area contributed by atoms with Crippen LogP contribution in [-0.4, -0.2) is 36.1 Å². The molecule has 5 heteroatoms. The molecule has 0 spiro atoms. The van der Waals surface area contributed by atoms with E-state index in [4.69, 9.17) is 11.6 Å². The summed E-state index contributed by atoms with van der Waals surface area (Å²) in [6.07, 6.45) is 4.49. The molecule has 1 aromatic carbocycles. The zero-order valence-corrected chi connectivity index (χ0v) is 15.3. The number of aliphatic imine (C=N–C) groups is 1. The first-order valence-electron chi connectivity index (χ1n) is 8.32. The third-order valence-electron chi connectivity index (χ3n) is 4.92. The van der Waals surface area contributed by atoms with E-state index < -0.39 is 0 Å². The van der Waals surface area contributed by atoms with Gasteiger partial charge in [0.2, 0.25) is 0 Å². The SMILES string of the molecule is CN=C(NCC1(c2ccc(Cl)cc2)CC1)N(C)Cc1cccn1C. The molecule has 0 radical (unpaired) electrons. The monoisotopic (exact) mass is 344 g/mol. The highest BCUT2D eigenvalue weighted by Gasteiger charge is 2.44. The largest absolute Gasteiger partial charge is 0.355 e. The topological polar surface area (TPSA) is 32.6 Å². The van der Waals surface area contributed by atoms with Crippen molar-refractivity contribution in [3.8, 4) is 0 Å². The van der Waals surface area contributed by atoms with Crippen molar-refractivity contribution in [2.75, 3.05) is 20.6 Å². The Morgan fingerprint density at radius 3 is 2.54 bits per heavy atom. The van der Waals surface area contributed by atoms with Gasteiger partial charge in [0.05, 0.1) is 6.54 Å². The maximum Gasteiger partial charge on any atom is 0.193 e. The van der Waals surface area contributed by atoms with Gasteiger partial charge in [-0.15, -0.1) is 0 Å². The average Bonchev–Trinajstić information content (AvgIpc) is 3.26. The minimum absolute atomic E-state index is 0.229. The third-order valence-corrected chi connectivity index (χ3v) is 5.17. The first-order valence-corrected chi connectivity index (χ1v) is 8.70. The van der Waals surface area contributed by atoms with Crippen LogP contribution in [0.3, 0.4) is 0 Å². The minimum atomic E-state index is 0.229. The summed E-state index contributed by atoms with van der Waals surface area (Å²) < 4.78 is 2.14. The fraction of sp³-hybridized carbons (Fsp3) is 0.421. The highest BCUT2D eigenvalue weighted by molar-refractivity contribution is 6.30. The van der Waals surface area contributed by atoms with Crippen molar-refractivity contribution >= 4 is 17.6 Å². The Labute approximate surface area is 149 Å². The van der Waals surface area contributed by atoms with Crippen molar-refractivity contribution in [3.63, 3.8) is 0 Å². The molecule has 128 valence electrons. The molecule has 1 N–H and O–H groups in total. The van der Waals surface area contributed by atoms with E-state index in [9.17, 15) is 0 Å². The van der Waals surface area contributed by atoms with E-state index in [0.717, 1.165) is 24.1 Å². The minimum Gasteiger partial charge on any atom is -0.355 e. The van der Waals surface area contributed by atoms with E-state index in [2.05, 4.69) is 64.3 Å². The van der Waals surface area contributed by atoms with E-state index in [-0.39, 0.29) is 5.41 Å². The van der Waals surface area contributed by atoms with Crippen LogP contribution >= 0.6 is 11.6 Å². The third kappa shape index (κ3) is 3.59. The Hall–Kier alpha value is -1.94. The Balaban J connectivity index is 1.62. The van der Waals surface area contributed by atoms with Gasteiger partial charge in [-0.3, -0.25) is 4.99 Å². The molecule has 0 saturated heterocycles. The molecular weight excluding hydrogens is 320 g/mol. The molecule has 1 fully saturated rings. The summed E-state index contributed by atoms with van der Waals surface area (Å²) in [7, 11) is 5.98. The molecule has 0 amide bonds. The summed E-state index contributed by atoms with van der Waals surface area (Å²) in [6.45, 7) is 1.73. The smallest absolute Gasteiger partial charge is 0.193 e. The van der Waals surface area contributed by atoms with Crippen molar-refractivity contribution in [1.82, 2.24) is 14.8 Å². The maximum absolute atomic E-state index is 6.01. The summed E-state index contributed by atoms with van der Waals surface area (Å²) in [5.74, 6) is 0.927. The number of hydrogen-bond acceptors (Lipinski definition) is 1. The van der Waals surface area contributed by atoms with Gasteiger partial charge in [0, 0.05) is 50.0 Å². The number of aryl methyl sites for hydroxylation is 1. The van der Waals surface area contributed by atoms with Crippen LogP contribution in [0.4, 0.5) is 0 Å². The van der Waals surface area contributed by atoms with Crippen LogP contribution in [0.15, 0.2) is 47.6 Å². The van der Waals surface area contributed by atoms with Crippen molar-refractivity contribution in [3.05, 3.63) is 58.9 Å². The number of aromatic nitrogens is 1. The van der Waals surface area contributed by atoms with Crippen molar-refractivity contribution in [1.29, 1.82) is 0 Å². The quantitative estimate of drug-likeness (QED) is 0.666. The van der Waals surface area contributed by atoms with Gasteiger partial charge >= 0.3 is 0 Å². The van der Waals surface area contributed by atoms with Crippen LogP contribution < -0.4 is 5.32 Å². The summed E-state index contributed by atoms with van der Waals surface area (Å²) in [6, 6.07) is 12.5. The predicted octanol–water partition coefficient (Wildman–Crippen LogP) is 3.42. The van der Waals surface area contributed by atoms with Crippen LogP contribution in [0.1, 0.15) is 24.1 Å². The maximum atomic E-state index is 6.01. The van der Waals surface area contributed by atoms with Gasteiger partial charge in [0.1, 0.15) is 0 Å². The molecule has 1 aliphatic rings. The van der Waals surface area contributed by atoms with Crippen molar-refractivity contribution < 1.29 is 0 Å². The van der Waals surface area contributed by atoms with Gasteiger partial charge in [-0.05, 0) is 42.7 Å². The van der Waals surface area contributed by atoms with Crippen LogP contribution in [0.2, 0.25) is 5.02 Å². The molecule has 2 aromatic rings. The summed E-state index contributed by atoms with van der Waals surface area (Å²) in [4.78, 5) is 6.60. The predicted molar refractivity (Wildman–Crippen MR) is 101 cm³/mol. The van der Waals surface area contributed by atoms with Gasteiger partial charge in [-0.1, -0.05) is 23.7 Å². The lowest BCUT2D eigenvalue weighted by atomic mass is 9.96. The Kier molecular flexibility index (Phi) is 4.86. The lowest BCUT2D eigenvalue weighted by Gasteiger charge is -2.25. The van der Waals surface area contributed by atoms with Crippen LogP contribution in [0, 0.1) is 0 Å². The molecule has 1 saturated carbocycles. The highest BCUT2D eigenvalue weighted by Crippen LogP contribution is 2.47. The average molecular weight is 345 g/mol. The van der Waals surface area contributed by atoms with Gasteiger partial charge in [0.25, 0.3) is 0 Å². The molecule has 0 bridgehead atoms. The molecule has 0 aliphatic heterocycles. The molecule has 0 unspecified atom stereocenters. The number of guanidine groups is 1. The summed E-state index contributed by atoms with van der Waals surface area (Å²) in [5, 5.41) is 4.34. The Morgan fingerprint density at radius 1 is 1.29 bits per heavy atom. The molecule has 0 atom stereocenters. The van der Waals surface area contributed by atoms with Crippen molar-refractivity contribution in [2.24, 2.45) is 12.0 Å². The number of nitrogens with one attached hydrogen (secondary N) is 1. The molecule has 4 nitrogen and oxygen atoms in total. The Bertz CT molecular complexity index is 713. The lowest BCUT2D eigenvalue weighted by Crippen LogP contribution is -2.42. The number of benzene rings is 1. The normalized spacial score (nSPS) is 16.1. The molecule has 1 aromatic heterocycles. The van der Waals surface area contributed by atoms with E-state index in [0.29, 0.717) is 0 Å². The van der Waals surface area contributed by atoms with Crippen molar-refractivity contribution in [2.45, 2.75) is 24.8 Å². The number of hydrogen-bond donors (Lipinski definition) is 1. The number of nitrogens with zero attached hydrogens (tertiary/aromatic N) is 3. The Morgan fingerprint density at radius 2 is 2.00 bits per heavy atom. The first kappa shape index (κ1) is 16.9. The van der Waals surface area contributed by atoms with E-state index >= 15 is 0 Å². The van der Waals surface area contributed by atoms with Crippen LogP contribution in [0.25, 0.3) is 0 Å². The summed E-state index contributed by atoms with van der Waals surface area (Å²) in [5.41, 5.74) is 2.85. The number of rotatable bonds is 5.